The maximum Gasteiger partial charge on any atom is 0.495 e. The van der Waals surface area contributed by atoms with Crippen molar-refractivity contribution in [3.05, 3.63) is 30.3 Å². The van der Waals surface area contributed by atoms with Crippen LogP contribution in [-0.2, 0) is 9.31 Å². The minimum Gasteiger partial charge on any atom is -0.454 e. The maximum atomic E-state index is 6.18. The van der Waals surface area contributed by atoms with Crippen molar-refractivity contribution in [2.45, 2.75) is 38.9 Å². The second kappa shape index (κ2) is 4.40. The second-order valence-electron chi connectivity index (χ2n) is 6.86. The fourth-order valence-electron chi connectivity index (χ4n) is 2.87. The Kier molecular flexibility index (Phi) is 2.78. The van der Waals surface area contributed by atoms with Crippen LogP contribution in [0.2, 0.25) is 0 Å². The van der Waals surface area contributed by atoms with E-state index in [1.807, 2.05) is 24.3 Å². The molecule has 4 rings (SSSR count). The third kappa shape index (κ3) is 1.92. The SMILES string of the molecule is CC1(C)OB(c2cccc3cc4c(cc23)OCO4)OC1(C)C. The predicted octanol–water partition coefficient (Wildman–Crippen LogP) is 2.87. The minimum absolute atomic E-state index is 0.275. The van der Waals surface area contributed by atoms with Crippen LogP contribution in [0.1, 0.15) is 27.7 Å². The summed E-state index contributed by atoms with van der Waals surface area (Å²) < 4.78 is 23.3. The van der Waals surface area contributed by atoms with Crippen molar-refractivity contribution in [3.8, 4) is 11.5 Å². The average Bonchev–Trinajstić information content (AvgIpc) is 2.97. The molecule has 0 saturated carbocycles. The van der Waals surface area contributed by atoms with Gasteiger partial charge in [0.25, 0.3) is 0 Å². The van der Waals surface area contributed by atoms with Gasteiger partial charge in [-0.15, -0.1) is 0 Å². The van der Waals surface area contributed by atoms with Crippen molar-refractivity contribution in [3.63, 3.8) is 0 Å². The number of benzene rings is 2. The fourth-order valence-corrected chi connectivity index (χ4v) is 2.87. The first-order valence-corrected chi connectivity index (χ1v) is 7.55. The third-order valence-electron chi connectivity index (χ3n) is 4.91. The maximum absolute atomic E-state index is 6.18. The van der Waals surface area contributed by atoms with Crippen LogP contribution in [0.4, 0.5) is 0 Å². The van der Waals surface area contributed by atoms with Gasteiger partial charge in [-0.25, -0.2) is 0 Å². The molecule has 2 aliphatic heterocycles. The molecule has 114 valence electrons. The summed E-state index contributed by atoms with van der Waals surface area (Å²) in [5.41, 5.74) is 0.321. The molecule has 0 N–H and O–H groups in total. The van der Waals surface area contributed by atoms with E-state index in [1.54, 1.807) is 0 Å². The van der Waals surface area contributed by atoms with Crippen LogP contribution < -0.4 is 14.9 Å². The first-order valence-electron chi connectivity index (χ1n) is 7.55. The molecule has 1 fully saturated rings. The van der Waals surface area contributed by atoms with Gasteiger partial charge in [0.05, 0.1) is 11.2 Å². The molecule has 0 atom stereocenters. The zero-order valence-corrected chi connectivity index (χ0v) is 13.3. The molecule has 2 heterocycles. The van der Waals surface area contributed by atoms with Crippen molar-refractivity contribution in [1.82, 2.24) is 0 Å². The monoisotopic (exact) mass is 298 g/mol. The summed E-state index contributed by atoms with van der Waals surface area (Å²) in [7, 11) is -0.380. The molecule has 4 nitrogen and oxygen atoms in total. The van der Waals surface area contributed by atoms with E-state index in [0.29, 0.717) is 0 Å². The van der Waals surface area contributed by atoms with Crippen LogP contribution in [0.25, 0.3) is 10.8 Å². The highest BCUT2D eigenvalue weighted by molar-refractivity contribution is 6.65. The summed E-state index contributed by atoms with van der Waals surface area (Å²) in [6, 6.07) is 10.1. The molecule has 2 aromatic carbocycles. The molecule has 0 unspecified atom stereocenters. The molecular weight excluding hydrogens is 279 g/mol. The van der Waals surface area contributed by atoms with Gasteiger partial charge in [0, 0.05) is 0 Å². The zero-order valence-electron chi connectivity index (χ0n) is 13.3. The van der Waals surface area contributed by atoms with Gasteiger partial charge in [-0.1, -0.05) is 18.2 Å². The van der Waals surface area contributed by atoms with Crippen LogP contribution in [0.3, 0.4) is 0 Å². The Hall–Kier alpha value is -1.72. The molecule has 0 radical (unpaired) electrons. The van der Waals surface area contributed by atoms with Crippen LogP contribution in [0.5, 0.6) is 11.5 Å². The normalized spacial score (nSPS) is 21.5. The first kappa shape index (κ1) is 13.9. The molecule has 0 spiro atoms. The van der Waals surface area contributed by atoms with Gasteiger partial charge in [0.2, 0.25) is 6.79 Å². The minimum atomic E-state index is -0.380. The van der Waals surface area contributed by atoms with Crippen LogP contribution in [0, 0.1) is 0 Å². The Morgan fingerprint density at radius 3 is 2.23 bits per heavy atom. The lowest BCUT2D eigenvalue weighted by atomic mass is 9.76. The smallest absolute Gasteiger partial charge is 0.454 e. The standard InChI is InChI=1S/C17H19BO4/c1-16(2)17(3,4)22-18(21-16)13-7-5-6-11-8-14-15(9-12(11)13)20-10-19-14/h5-9H,10H2,1-4H3. The van der Waals surface area contributed by atoms with Crippen molar-refractivity contribution in [2.24, 2.45) is 0 Å². The predicted molar refractivity (Wildman–Crippen MR) is 85.8 cm³/mol. The van der Waals surface area contributed by atoms with E-state index in [0.717, 1.165) is 27.7 Å². The van der Waals surface area contributed by atoms with Gasteiger partial charge in [-0.3, -0.25) is 0 Å². The van der Waals surface area contributed by atoms with Gasteiger partial charge >= 0.3 is 7.12 Å². The Labute approximate surface area is 130 Å². The second-order valence-corrected chi connectivity index (χ2v) is 6.86. The first-order chi connectivity index (χ1) is 10.4. The highest BCUT2D eigenvalue weighted by atomic mass is 16.7. The third-order valence-corrected chi connectivity index (χ3v) is 4.91. The van der Waals surface area contributed by atoms with Gasteiger partial charge in [0.1, 0.15) is 0 Å². The summed E-state index contributed by atoms with van der Waals surface area (Å²) in [4.78, 5) is 0. The van der Waals surface area contributed by atoms with Crippen molar-refractivity contribution < 1.29 is 18.8 Å². The highest BCUT2D eigenvalue weighted by Gasteiger charge is 2.52. The van der Waals surface area contributed by atoms with E-state index >= 15 is 0 Å². The van der Waals surface area contributed by atoms with Crippen molar-refractivity contribution in [2.75, 3.05) is 6.79 Å². The Morgan fingerprint density at radius 1 is 0.909 bits per heavy atom. The topological polar surface area (TPSA) is 36.9 Å². The Balaban J connectivity index is 1.83. The quantitative estimate of drug-likeness (QED) is 0.759. The molecule has 0 bridgehead atoms. The summed E-state index contributed by atoms with van der Waals surface area (Å²) in [6.45, 7) is 8.52. The number of hydrogen-bond donors (Lipinski definition) is 0. The van der Waals surface area contributed by atoms with Gasteiger partial charge < -0.3 is 18.8 Å². The lowest BCUT2D eigenvalue weighted by molar-refractivity contribution is 0.00578. The van der Waals surface area contributed by atoms with Crippen molar-refractivity contribution in [1.29, 1.82) is 0 Å². The van der Waals surface area contributed by atoms with E-state index in [9.17, 15) is 0 Å². The Bertz CT molecular complexity index is 738. The molecule has 0 amide bonds. The van der Waals surface area contributed by atoms with E-state index < -0.39 is 0 Å². The average molecular weight is 298 g/mol. The highest BCUT2D eigenvalue weighted by Crippen LogP contribution is 2.39. The number of fused-ring (bicyclic) bond motifs is 2. The summed E-state index contributed by atoms with van der Waals surface area (Å²) in [6.07, 6.45) is 0. The lowest BCUT2D eigenvalue weighted by Gasteiger charge is -2.32. The summed E-state index contributed by atoms with van der Waals surface area (Å²) in [5, 5.41) is 2.17. The van der Waals surface area contributed by atoms with Crippen LogP contribution >= 0.6 is 0 Å². The fraction of sp³-hybridized carbons (Fsp3) is 0.412. The Morgan fingerprint density at radius 2 is 1.55 bits per heavy atom. The molecule has 22 heavy (non-hydrogen) atoms. The zero-order chi connectivity index (χ0) is 15.5. The number of rotatable bonds is 1. The number of ether oxygens (including phenoxy) is 2. The van der Waals surface area contributed by atoms with E-state index in [1.165, 1.54) is 0 Å². The molecule has 1 saturated heterocycles. The molecule has 0 aliphatic carbocycles. The lowest BCUT2D eigenvalue weighted by Crippen LogP contribution is -2.41. The van der Waals surface area contributed by atoms with E-state index in [2.05, 4.69) is 33.8 Å². The molecule has 2 aromatic rings. The molecule has 2 aliphatic rings. The molecular formula is C17H19BO4. The molecule has 0 aromatic heterocycles. The van der Waals surface area contributed by atoms with Gasteiger partial charge in [-0.05, 0) is 56.1 Å². The molecule has 5 heteroatoms. The summed E-state index contributed by atoms with van der Waals surface area (Å²) >= 11 is 0. The van der Waals surface area contributed by atoms with E-state index in [-0.39, 0.29) is 25.1 Å². The summed E-state index contributed by atoms with van der Waals surface area (Å²) in [5.74, 6) is 1.56. The van der Waals surface area contributed by atoms with Gasteiger partial charge in [-0.2, -0.15) is 0 Å². The largest absolute Gasteiger partial charge is 0.495 e. The van der Waals surface area contributed by atoms with Crippen LogP contribution in [0.15, 0.2) is 30.3 Å². The van der Waals surface area contributed by atoms with E-state index in [4.69, 9.17) is 18.8 Å². The van der Waals surface area contributed by atoms with Gasteiger partial charge in [0.15, 0.2) is 11.5 Å². The van der Waals surface area contributed by atoms with Crippen LogP contribution in [-0.4, -0.2) is 25.1 Å². The van der Waals surface area contributed by atoms with Crippen molar-refractivity contribution >= 4 is 23.4 Å². The number of hydrogen-bond acceptors (Lipinski definition) is 4.